The number of rotatable bonds is 2. The third-order valence-electron chi connectivity index (χ3n) is 3.42. The Morgan fingerprint density at radius 3 is 1.73 bits per heavy atom. The molecule has 0 saturated heterocycles. The van der Waals surface area contributed by atoms with Gasteiger partial charge in [0, 0.05) is 0 Å². The van der Waals surface area contributed by atoms with Crippen LogP contribution >= 0.6 is 0 Å². The summed E-state index contributed by atoms with van der Waals surface area (Å²) in [4.78, 5) is 0. The van der Waals surface area contributed by atoms with E-state index in [1.54, 1.807) is 20.6 Å². The van der Waals surface area contributed by atoms with E-state index in [-0.39, 0.29) is 44.0 Å². The Bertz CT molecular complexity index is 288. The largest absolute Gasteiger partial charge is 1.00 e. The maximum absolute atomic E-state index is 2.39. The fourth-order valence-electron chi connectivity index (χ4n) is 2.12. The molecule has 0 radical (unpaired) electrons. The van der Waals surface area contributed by atoms with E-state index in [1.807, 2.05) is 0 Å². The van der Waals surface area contributed by atoms with Crippen LogP contribution in [0.25, 0.3) is 0 Å². The van der Waals surface area contributed by atoms with Crippen LogP contribution in [0.1, 0.15) is 41.5 Å². The van der Waals surface area contributed by atoms with Gasteiger partial charge in [-0.05, 0) is 0 Å². The molecule has 1 aliphatic carbocycles. The van der Waals surface area contributed by atoms with Crippen LogP contribution < -0.4 is 24.8 Å². The molecule has 0 amide bonds. The first-order valence-electron chi connectivity index (χ1n) is 5.06. The number of halogens is 2. The molecule has 0 nitrogen and oxygen atoms in total. The van der Waals surface area contributed by atoms with Gasteiger partial charge in [-0.2, -0.15) is 0 Å². The molecule has 1 aliphatic rings. The van der Waals surface area contributed by atoms with Crippen molar-refractivity contribution in [3.8, 4) is 0 Å². The minimum atomic E-state index is 0. The Morgan fingerprint density at radius 1 is 1.00 bits per heavy atom. The van der Waals surface area contributed by atoms with Crippen LogP contribution in [0.4, 0.5) is 0 Å². The van der Waals surface area contributed by atoms with Crippen molar-refractivity contribution in [2.24, 2.45) is 5.41 Å². The summed E-state index contributed by atoms with van der Waals surface area (Å²) in [5, 5.41) is 0. The Balaban J connectivity index is 0. The Kier molecular flexibility index (Phi) is 7.86. The average molecular weight is 283 g/mol. The van der Waals surface area contributed by atoms with Gasteiger partial charge in [-0.3, -0.25) is 0 Å². The van der Waals surface area contributed by atoms with E-state index in [2.05, 4.69) is 41.5 Å². The summed E-state index contributed by atoms with van der Waals surface area (Å²) in [7, 11) is 0. The van der Waals surface area contributed by atoms with E-state index in [1.165, 1.54) is 4.73 Å². The molecule has 1 rings (SSSR count). The van der Waals surface area contributed by atoms with Gasteiger partial charge in [-0.25, -0.2) is 0 Å². The summed E-state index contributed by atoms with van der Waals surface area (Å²) in [6.45, 7) is 14.0. The summed E-state index contributed by atoms with van der Waals surface area (Å²) in [5.41, 5.74) is 5.13. The molecule has 0 fully saturated rings. The van der Waals surface area contributed by atoms with Gasteiger partial charge in [0.15, 0.2) is 0 Å². The van der Waals surface area contributed by atoms with Crippen LogP contribution in [0, 0.1) is 5.41 Å². The van der Waals surface area contributed by atoms with Gasteiger partial charge < -0.3 is 24.8 Å². The molecule has 0 heterocycles. The smallest absolute Gasteiger partial charge is 1.00 e. The van der Waals surface area contributed by atoms with Crippen LogP contribution in [0.2, 0.25) is 4.73 Å². The van der Waals surface area contributed by atoms with Crippen molar-refractivity contribution in [1.82, 2.24) is 0 Å². The Hall–Kier alpha value is 0.774. The molecule has 0 atom stereocenters. The summed E-state index contributed by atoms with van der Waals surface area (Å²) < 4.78 is 3.17. The topological polar surface area (TPSA) is 0 Å². The number of hydrogen-bond donors (Lipinski definition) is 0. The monoisotopic (exact) mass is 282 g/mol. The molecule has 0 unspecified atom stereocenters. The molecule has 0 N–H and O–H groups in total. The van der Waals surface area contributed by atoms with Crippen molar-refractivity contribution in [2.45, 2.75) is 46.3 Å². The zero-order valence-corrected chi connectivity index (χ0v) is 13.5. The maximum Gasteiger partial charge on any atom is -1.00 e. The van der Waals surface area contributed by atoms with Crippen LogP contribution in [-0.4, -0.2) is 0 Å². The van der Waals surface area contributed by atoms with Crippen molar-refractivity contribution < 1.29 is 44.0 Å². The minimum absolute atomic E-state index is 0. The van der Waals surface area contributed by atoms with Gasteiger partial charge in [0.25, 0.3) is 0 Å². The summed E-state index contributed by atoms with van der Waals surface area (Å²) >= 11 is 0.145. The predicted molar refractivity (Wildman–Crippen MR) is 55.3 cm³/mol. The van der Waals surface area contributed by atoms with Crippen molar-refractivity contribution in [2.75, 3.05) is 0 Å². The zero-order chi connectivity index (χ0) is 10.2. The summed E-state index contributed by atoms with van der Waals surface area (Å²) in [5.74, 6) is 0. The van der Waals surface area contributed by atoms with Crippen LogP contribution in [0.3, 0.4) is 0 Å². The summed E-state index contributed by atoms with van der Waals surface area (Å²) in [6, 6.07) is 0. The van der Waals surface area contributed by atoms with Gasteiger partial charge in [0.05, 0.1) is 0 Å². The molecule has 0 spiro atoms. The Morgan fingerprint density at radius 2 is 1.47 bits per heavy atom. The van der Waals surface area contributed by atoms with Crippen molar-refractivity contribution in [3.63, 3.8) is 0 Å². The van der Waals surface area contributed by atoms with Crippen molar-refractivity contribution in [3.05, 3.63) is 20.6 Å². The first kappa shape index (κ1) is 18.1. The molecule has 3 heteroatoms. The molecule has 0 saturated carbocycles. The first-order chi connectivity index (χ1) is 5.92. The molecule has 0 aliphatic heterocycles. The second kappa shape index (κ2) is 6.50. The van der Waals surface area contributed by atoms with E-state index in [9.17, 15) is 0 Å². The van der Waals surface area contributed by atoms with Crippen LogP contribution in [0.5, 0.6) is 0 Å². The normalized spacial score (nSPS) is 18.3. The fraction of sp³-hybridized carbons (Fsp3) is 0.667. The molecule has 15 heavy (non-hydrogen) atoms. The molecular weight excluding hydrogens is 263 g/mol. The van der Waals surface area contributed by atoms with Crippen molar-refractivity contribution >= 4 is 0 Å². The standard InChI is InChI=1S/C10H15.C2H5.2ClH.Ti/c1-7-6-10(4,5)9(3)8(7)2;1-2;;;/h1-5H3;1H2,2H3;2*1H;/q;;;;+2/p-2. The van der Waals surface area contributed by atoms with Gasteiger partial charge in [0.1, 0.15) is 0 Å². The third-order valence-corrected chi connectivity index (χ3v) is 6.08. The Labute approximate surface area is 116 Å². The van der Waals surface area contributed by atoms with Gasteiger partial charge in [0.2, 0.25) is 0 Å². The van der Waals surface area contributed by atoms with Crippen molar-refractivity contribution in [1.29, 1.82) is 0 Å². The van der Waals surface area contributed by atoms with Crippen LogP contribution in [-0.2, 0) is 19.2 Å². The van der Waals surface area contributed by atoms with Gasteiger partial charge in [-0.1, -0.05) is 0 Å². The van der Waals surface area contributed by atoms with E-state index < -0.39 is 0 Å². The molecule has 86 valence electrons. The SMILES string of the molecule is C[CH2][Ti+2][C]1=C(C)C(C)=C(C)C1(C)C.[Cl-].[Cl-]. The maximum atomic E-state index is 2.39. The molecule has 0 aromatic heterocycles. The first-order valence-corrected chi connectivity index (χ1v) is 6.95. The second-order valence-corrected chi connectivity index (χ2v) is 6.84. The van der Waals surface area contributed by atoms with E-state index >= 15 is 0 Å². The summed E-state index contributed by atoms with van der Waals surface area (Å²) in [6.07, 6.45) is 0. The molecule has 0 bridgehead atoms. The average Bonchev–Trinajstić information content (AvgIpc) is 2.20. The van der Waals surface area contributed by atoms with E-state index in [0.717, 1.165) is 0 Å². The second-order valence-electron chi connectivity index (χ2n) is 4.41. The van der Waals surface area contributed by atoms with Gasteiger partial charge in [-0.15, -0.1) is 0 Å². The van der Waals surface area contributed by atoms with E-state index in [4.69, 9.17) is 0 Å². The molecular formula is C12H20Cl2Ti. The van der Waals surface area contributed by atoms with E-state index in [0.29, 0.717) is 5.41 Å². The molecule has 0 aromatic carbocycles. The minimum Gasteiger partial charge on any atom is -1.00 e. The quantitative estimate of drug-likeness (QED) is 0.523. The predicted octanol–water partition coefficient (Wildman–Crippen LogP) is -1.83. The van der Waals surface area contributed by atoms with Gasteiger partial charge >= 0.3 is 91.4 Å². The molecule has 0 aromatic rings. The number of hydrogen-bond acceptors (Lipinski definition) is 0. The number of allylic oxidation sites excluding steroid dienone is 4. The fourth-order valence-corrected chi connectivity index (χ4v) is 4.37. The third kappa shape index (κ3) is 3.13. The zero-order valence-electron chi connectivity index (χ0n) is 10.5. The van der Waals surface area contributed by atoms with Crippen LogP contribution in [0.15, 0.2) is 20.6 Å².